The molecule has 0 fully saturated rings. The first kappa shape index (κ1) is 27.4. The standard InChI is InChI=1S/C29H27BrIN3O5/c1-5-36-25-12-18(10-21(31)26(25)37-15-17-6-9-23-24(11-17)39-16-38-23)14-32-34-27(35)20-13-19(30)7-8-22(20)33-28(34)29(2,3)4/h6-14H,5,15-16H2,1-4H3. The highest BCUT2D eigenvalue weighted by molar-refractivity contribution is 14.1. The summed E-state index contributed by atoms with van der Waals surface area (Å²) in [5, 5.41) is 5.09. The van der Waals surface area contributed by atoms with Crippen LogP contribution in [0.5, 0.6) is 23.0 Å². The lowest BCUT2D eigenvalue weighted by Gasteiger charge is -2.21. The highest BCUT2D eigenvalue weighted by Crippen LogP contribution is 2.36. The Hall–Kier alpha value is -3.12. The van der Waals surface area contributed by atoms with Crippen molar-refractivity contribution in [2.75, 3.05) is 13.4 Å². The van der Waals surface area contributed by atoms with E-state index in [0.717, 1.165) is 24.9 Å². The lowest BCUT2D eigenvalue weighted by molar-refractivity contribution is 0.174. The predicted molar refractivity (Wildman–Crippen MR) is 163 cm³/mol. The number of aromatic nitrogens is 2. The number of halogens is 2. The van der Waals surface area contributed by atoms with Gasteiger partial charge < -0.3 is 18.9 Å². The molecule has 3 aromatic carbocycles. The molecular formula is C29H27BrIN3O5. The Morgan fingerprint density at radius 3 is 2.67 bits per heavy atom. The van der Waals surface area contributed by atoms with Crippen molar-refractivity contribution in [1.82, 2.24) is 9.66 Å². The second-order valence-corrected chi connectivity index (χ2v) is 12.0. The second-order valence-electron chi connectivity index (χ2n) is 9.95. The molecule has 0 N–H and O–H groups in total. The van der Waals surface area contributed by atoms with Crippen molar-refractivity contribution in [2.24, 2.45) is 5.10 Å². The molecule has 0 aliphatic carbocycles. The van der Waals surface area contributed by atoms with Gasteiger partial charge in [0.2, 0.25) is 6.79 Å². The van der Waals surface area contributed by atoms with Crippen LogP contribution in [0.3, 0.4) is 0 Å². The normalized spacial score (nSPS) is 12.9. The van der Waals surface area contributed by atoms with Crippen LogP contribution in [0.25, 0.3) is 10.9 Å². The minimum atomic E-state index is -0.408. The Balaban J connectivity index is 1.48. The summed E-state index contributed by atoms with van der Waals surface area (Å²) in [7, 11) is 0. The summed E-state index contributed by atoms with van der Waals surface area (Å²) in [6.45, 7) is 8.97. The van der Waals surface area contributed by atoms with Crippen molar-refractivity contribution in [2.45, 2.75) is 39.7 Å². The lowest BCUT2D eigenvalue weighted by Crippen LogP contribution is -2.29. The van der Waals surface area contributed by atoms with E-state index in [9.17, 15) is 4.79 Å². The average Bonchev–Trinajstić information content (AvgIpc) is 3.35. The quantitative estimate of drug-likeness (QED) is 0.158. The van der Waals surface area contributed by atoms with Crippen molar-refractivity contribution < 1.29 is 18.9 Å². The fourth-order valence-electron chi connectivity index (χ4n) is 4.12. The molecule has 202 valence electrons. The van der Waals surface area contributed by atoms with E-state index in [1.807, 2.05) is 70.2 Å². The number of fused-ring (bicyclic) bond motifs is 2. The molecule has 10 heteroatoms. The van der Waals surface area contributed by atoms with Crippen LogP contribution in [0.1, 0.15) is 44.6 Å². The summed E-state index contributed by atoms with van der Waals surface area (Å²) in [4.78, 5) is 18.3. The first-order chi connectivity index (χ1) is 18.6. The van der Waals surface area contributed by atoms with Gasteiger partial charge in [0.1, 0.15) is 12.4 Å². The largest absolute Gasteiger partial charge is 0.490 e. The van der Waals surface area contributed by atoms with E-state index in [-0.39, 0.29) is 12.4 Å². The zero-order valence-corrected chi connectivity index (χ0v) is 25.7. The Morgan fingerprint density at radius 1 is 1.10 bits per heavy atom. The van der Waals surface area contributed by atoms with Crippen molar-refractivity contribution in [3.63, 3.8) is 0 Å². The molecule has 0 amide bonds. The van der Waals surface area contributed by atoms with Crippen molar-refractivity contribution in [3.8, 4) is 23.0 Å². The third kappa shape index (κ3) is 5.91. The number of hydrogen-bond acceptors (Lipinski definition) is 7. The summed E-state index contributed by atoms with van der Waals surface area (Å²) in [5.74, 6) is 3.24. The highest BCUT2D eigenvalue weighted by Gasteiger charge is 2.23. The maximum absolute atomic E-state index is 13.5. The van der Waals surface area contributed by atoms with Gasteiger partial charge >= 0.3 is 0 Å². The average molecular weight is 704 g/mol. The number of nitrogens with zero attached hydrogens (tertiary/aromatic N) is 3. The van der Waals surface area contributed by atoms with Gasteiger partial charge in [0.15, 0.2) is 23.0 Å². The van der Waals surface area contributed by atoms with Gasteiger partial charge in [-0.15, -0.1) is 0 Å². The number of rotatable bonds is 7. The number of ether oxygens (including phenoxy) is 4. The molecule has 0 bridgehead atoms. The van der Waals surface area contributed by atoms with Gasteiger partial charge in [-0.3, -0.25) is 4.79 Å². The minimum Gasteiger partial charge on any atom is -0.490 e. The molecule has 8 nitrogen and oxygen atoms in total. The van der Waals surface area contributed by atoms with E-state index in [4.69, 9.17) is 23.9 Å². The van der Waals surface area contributed by atoms with Gasteiger partial charge in [-0.25, -0.2) is 4.98 Å². The molecule has 0 unspecified atom stereocenters. The summed E-state index contributed by atoms with van der Waals surface area (Å²) < 4.78 is 26.0. The van der Waals surface area contributed by atoms with Gasteiger partial charge in [0.05, 0.1) is 27.3 Å². The molecule has 0 saturated heterocycles. The van der Waals surface area contributed by atoms with E-state index in [0.29, 0.717) is 47.2 Å². The van der Waals surface area contributed by atoms with Crippen molar-refractivity contribution in [1.29, 1.82) is 0 Å². The van der Waals surface area contributed by atoms with Crippen molar-refractivity contribution in [3.05, 3.63) is 83.9 Å². The van der Waals surface area contributed by atoms with Gasteiger partial charge in [-0.05, 0) is 83.1 Å². The Kier molecular flexibility index (Phi) is 7.86. The van der Waals surface area contributed by atoms with Gasteiger partial charge in [0, 0.05) is 9.89 Å². The van der Waals surface area contributed by atoms with E-state index in [2.05, 4.69) is 43.6 Å². The van der Waals surface area contributed by atoms with Crippen LogP contribution in [-0.4, -0.2) is 29.3 Å². The predicted octanol–water partition coefficient (Wildman–Crippen LogP) is 6.65. The van der Waals surface area contributed by atoms with Crippen LogP contribution in [0.2, 0.25) is 0 Å². The lowest BCUT2D eigenvalue weighted by atomic mass is 9.95. The van der Waals surface area contributed by atoms with Crippen LogP contribution in [0, 0.1) is 3.57 Å². The fourth-order valence-corrected chi connectivity index (χ4v) is 5.26. The van der Waals surface area contributed by atoms with E-state index >= 15 is 0 Å². The van der Waals surface area contributed by atoms with Gasteiger partial charge in [-0.1, -0.05) is 42.8 Å². The number of benzene rings is 3. The maximum atomic E-state index is 13.5. The topological polar surface area (TPSA) is 84.2 Å². The SMILES string of the molecule is CCOc1cc(C=Nn2c(C(C)(C)C)nc3ccc(Br)cc3c2=O)cc(I)c1OCc1ccc2c(c1)OCO2. The Labute approximate surface area is 248 Å². The molecule has 0 atom stereocenters. The van der Waals surface area contributed by atoms with Gasteiger partial charge in [0.25, 0.3) is 5.56 Å². The maximum Gasteiger partial charge on any atom is 0.282 e. The molecule has 2 heterocycles. The van der Waals surface area contributed by atoms with Crippen LogP contribution < -0.4 is 24.5 Å². The molecule has 1 aliphatic rings. The molecule has 4 aromatic rings. The smallest absolute Gasteiger partial charge is 0.282 e. The Morgan fingerprint density at radius 2 is 1.90 bits per heavy atom. The first-order valence-electron chi connectivity index (χ1n) is 12.4. The summed E-state index contributed by atoms with van der Waals surface area (Å²) in [6.07, 6.45) is 1.65. The molecule has 1 aliphatic heterocycles. The monoisotopic (exact) mass is 703 g/mol. The third-order valence-corrected chi connectivity index (χ3v) is 7.25. The molecule has 0 saturated carbocycles. The van der Waals surface area contributed by atoms with E-state index < -0.39 is 5.41 Å². The fraction of sp³-hybridized carbons (Fsp3) is 0.276. The highest BCUT2D eigenvalue weighted by atomic mass is 127. The molecule has 5 rings (SSSR count). The van der Waals surface area contributed by atoms with Crippen LogP contribution in [-0.2, 0) is 12.0 Å². The molecule has 39 heavy (non-hydrogen) atoms. The van der Waals surface area contributed by atoms with Crippen LogP contribution in [0.4, 0.5) is 0 Å². The van der Waals surface area contributed by atoms with Crippen molar-refractivity contribution >= 4 is 55.6 Å². The molecule has 0 radical (unpaired) electrons. The third-order valence-electron chi connectivity index (χ3n) is 5.95. The van der Waals surface area contributed by atoms with Gasteiger partial charge in [-0.2, -0.15) is 9.78 Å². The second kappa shape index (κ2) is 11.2. The zero-order chi connectivity index (χ0) is 27.7. The minimum absolute atomic E-state index is 0.227. The number of hydrogen-bond donors (Lipinski definition) is 0. The summed E-state index contributed by atoms with van der Waals surface area (Å²) >= 11 is 5.67. The zero-order valence-electron chi connectivity index (χ0n) is 22.0. The van der Waals surface area contributed by atoms with Crippen LogP contribution in [0.15, 0.2) is 62.9 Å². The molecule has 0 spiro atoms. The Bertz CT molecular complexity index is 1650. The van der Waals surface area contributed by atoms with E-state index in [1.165, 1.54) is 4.68 Å². The summed E-state index contributed by atoms with van der Waals surface area (Å²) in [6, 6.07) is 15.0. The van der Waals surface area contributed by atoms with Crippen LogP contribution >= 0.6 is 38.5 Å². The van der Waals surface area contributed by atoms with E-state index in [1.54, 1.807) is 12.3 Å². The summed E-state index contributed by atoms with van der Waals surface area (Å²) in [5.41, 5.74) is 1.71. The first-order valence-corrected chi connectivity index (χ1v) is 14.3. The molecular weight excluding hydrogens is 677 g/mol. The molecule has 1 aromatic heterocycles.